The van der Waals surface area contributed by atoms with Gasteiger partial charge in [-0.1, -0.05) is 20.3 Å². The van der Waals surface area contributed by atoms with E-state index in [4.69, 9.17) is 5.73 Å². The summed E-state index contributed by atoms with van der Waals surface area (Å²) in [5.41, 5.74) is 6.47. The standard InChI is InChI=1S/C19H29N3O2.ClH/c1-4-11-19(3,20)18(24)21-16-7-5-15(6-8-16)17(23)22-12-9-14(2)10-13-22;/h5-8,14H,4,9-13,20H2,1-3H3,(H,21,24);1H. The Kier molecular flexibility index (Phi) is 7.90. The molecule has 0 saturated carbocycles. The molecule has 1 aliphatic heterocycles. The number of benzene rings is 1. The highest BCUT2D eigenvalue weighted by Gasteiger charge is 2.27. The summed E-state index contributed by atoms with van der Waals surface area (Å²) in [5, 5.41) is 2.83. The smallest absolute Gasteiger partial charge is 0.253 e. The minimum atomic E-state index is -0.881. The van der Waals surface area contributed by atoms with Gasteiger partial charge in [-0.05, 0) is 56.4 Å². The lowest BCUT2D eigenvalue weighted by atomic mass is 9.96. The molecule has 0 aliphatic carbocycles. The second kappa shape index (κ2) is 9.20. The van der Waals surface area contributed by atoms with E-state index in [2.05, 4.69) is 12.2 Å². The predicted molar refractivity (Wildman–Crippen MR) is 104 cm³/mol. The Labute approximate surface area is 156 Å². The predicted octanol–water partition coefficient (Wildman–Crippen LogP) is 3.44. The molecule has 1 aromatic carbocycles. The van der Waals surface area contributed by atoms with Crippen molar-refractivity contribution in [2.24, 2.45) is 11.7 Å². The minimum absolute atomic E-state index is 0. The van der Waals surface area contributed by atoms with E-state index in [1.54, 1.807) is 31.2 Å². The third-order valence-electron chi connectivity index (χ3n) is 4.75. The van der Waals surface area contributed by atoms with Gasteiger partial charge in [-0.15, -0.1) is 12.4 Å². The molecule has 1 fully saturated rings. The van der Waals surface area contributed by atoms with Crippen LogP contribution >= 0.6 is 12.4 Å². The van der Waals surface area contributed by atoms with Gasteiger partial charge < -0.3 is 16.0 Å². The first-order chi connectivity index (χ1) is 11.3. The Balaban J connectivity index is 0.00000312. The number of amides is 2. The van der Waals surface area contributed by atoms with Crippen molar-refractivity contribution < 1.29 is 9.59 Å². The van der Waals surface area contributed by atoms with Gasteiger partial charge in [-0.3, -0.25) is 9.59 Å². The van der Waals surface area contributed by atoms with E-state index in [0.717, 1.165) is 32.4 Å². The van der Waals surface area contributed by atoms with E-state index in [-0.39, 0.29) is 24.2 Å². The quantitative estimate of drug-likeness (QED) is 0.837. The molecule has 1 atom stereocenters. The van der Waals surface area contributed by atoms with Crippen LogP contribution in [0.4, 0.5) is 5.69 Å². The van der Waals surface area contributed by atoms with Crippen LogP contribution in [0.2, 0.25) is 0 Å². The normalized spacial score (nSPS) is 17.4. The SMILES string of the molecule is CCCC(C)(N)C(=O)Nc1ccc(C(=O)N2CCC(C)CC2)cc1.Cl. The zero-order chi connectivity index (χ0) is 17.7. The molecule has 0 bridgehead atoms. The summed E-state index contributed by atoms with van der Waals surface area (Å²) in [5.74, 6) is 0.559. The topological polar surface area (TPSA) is 75.4 Å². The maximum Gasteiger partial charge on any atom is 0.253 e. The lowest BCUT2D eigenvalue weighted by Crippen LogP contribution is -2.48. The Hall–Kier alpha value is -1.59. The maximum absolute atomic E-state index is 12.5. The summed E-state index contributed by atoms with van der Waals surface area (Å²) in [7, 11) is 0. The number of nitrogens with one attached hydrogen (secondary N) is 1. The van der Waals surface area contributed by atoms with Crippen molar-refractivity contribution >= 4 is 29.9 Å². The molecule has 1 saturated heterocycles. The molecule has 1 aliphatic rings. The number of hydrogen-bond donors (Lipinski definition) is 2. The Bertz CT molecular complexity index is 579. The van der Waals surface area contributed by atoms with Gasteiger partial charge in [-0.2, -0.15) is 0 Å². The van der Waals surface area contributed by atoms with Gasteiger partial charge in [0.2, 0.25) is 5.91 Å². The van der Waals surface area contributed by atoms with Gasteiger partial charge >= 0.3 is 0 Å². The fraction of sp³-hybridized carbons (Fsp3) is 0.579. The maximum atomic E-state index is 12.5. The highest BCUT2D eigenvalue weighted by molar-refractivity contribution is 5.98. The number of nitrogens with zero attached hydrogens (tertiary/aromatic N) is 1. The van der Waals surface area contributed by atoms with E-state index < -0.39 is 5.54 Å². The number of likely N-dealkylation sites (tertiary alicyclic amines) is 1. The number of carbonyl (C=O) groups excluding carboxylic acids is 2. The number of carbonyl (C=O) groups is 2. The van der Waals surface area contributed by atoms with Crippen LogP contribution in [0.3, 0.4) is 0 Å². The first-order valence-electron chi connectivity index (χ1n) is 8.83. The molecule has 2 amide bonds. The van der Waals surface area contributed by atoms with Crippen LogP contribution in [-0.4, -0.2) is 35.3 Å². The molecule has 25 heavy (non-hydrogen) atoms. The number of piperidine rings is 1. The summed E-state index contributed by atoms with van der Waals surface area (Å²) in [6.45, 7) is 7.60. The van der Waals surface area contributed by atoms with Crippen LogP contribution < -0.4 is 11.1 Å². The number of halogens is 1. The fourth-order valence-electron chi connectivity index (χ4n) is 3.00. The van der Waals surface area contributed by atoms with Gasteiger partial charge in [0.25, 0.3) is 5.91 Å². The van der Waals surface area contributed by atoms with Crippen molar-refractivity contribution in [2.75, 3.05) is 18.4 Å². The molecule has 140 valence electrons. The van der Waals surface area contributed by atoms with Crippen LogP contribution in [-0.2, 0) is 4.79 Å². The van der Waals surface area contributed by atoms with Crippen molar-refractivity contribution in [2.45, 2.75) is 52.0 Å². The van der Waals surface area contributed by atoms with Crippen molar-refractivity contribution in [1.82, 2.24) is 4.90 Å². The van der Waals surface area contributed by atoms with Gasteiger partial charge in [0.05, 0.1) is 5.54 Å². The molecule has 0 radical (unpaired) electrons. The molecular weight excluding hydrogens is 338 g/mol. The highest BCUT2D eigenvalue weighted by atomic mass is 35.5. The van der Waals surface area contributed by atoms with Crippen molar-refractivity contribution in [1.29, 1.82) is 0 Å². The lowest BCUT2D eigenvalue weighted by molar-refractivity contribution is -0.120. The van der Waals surface area contributed by atoms with E-state index >= 15 is 0 Å². The molecule has 3 N–H and O–H groups in total. The van der Waals surface area contributed by atoms with Gasteiger partial charge in [-0.25, -0.2) is 0 Å². The summed E-state index contributed by atoms with van der Waals surface area (Å²) in [6, 6.07) is 7.06. The molecule has 0 spiro atoms. The van der Waals surface area contributed by atoms with Crippen LogP contribution in [0.5, 0.6) is 0 Å². The van der Waals surface area contributed by atoms with Crippen molar-refractivity contribution in [3.05, 3.63) is 29.8 Å². The third kappa shape index (κ3) is 5.72. The zero-order valence-corrected chi connectivity index (χ0v) is 16.2. The Morgan fingerprint density at radius 3 is 2.32 bits per heavy atom. The molecule has 2 rings (SSSR count). The van der Waals surface area contributed by atoms with E-state index in [1.165, 1.54) is 0 Å². The molecular formula is C19H30ClN3O2. The molecule has 1 aromatic rings. The van der Waals surface area contributed by atoms with Gasteiger partial charge in [0.15, 0.2) is 0 Å². The van der Waals surface area contributed by atoms with Crippen molar-refractivity contribution in [3.8, 4) is 0 Å². The van der Waals surface area contributed by atoms with E-state index in [1.807, 2.05) is 11.8 Å². The monoisotopic (exact) mass is 367 g/mol. The van der Waals surface area contributed by atoms with Crippen LogP contribution in [0.15, 0.2) is 24.3 Å². The summed E-state index contributed by atoms with van der Waals surface area (Å²) in [4.78, 5) is 26.6. The van der Waals surface area contributed by atoms with Crippen molar-refractivity contribution in [3.63, 3.8) is 0 Å². The molecule has 6 heteroatoms. The number of anilines is 1. The Morgan fingerprint density at radius 1 is 1.24 bits per heavy atom. The third-order valence-corrected chi connectivity index (χ3v) is 4.75. The fourth-order valence-corrected chi connectivity index (χ4v) is 3.00. The highest BCUT2D eigenvalue weighted by Crippen LogP contribution is 2.20. The second-order valence-corrected chi connectivity index (χ2v) is 7.17. The Morgan fingerprint density at radius 2 is 1.80 bits per heavy atom. The van der Waals surface area contributed by atoms with E-state index in [0.29, 0.717) is 23.6 Å². The molecule has 0 aromatic heterocycles. The molecule has 5 nitrogen and oxygen atoms in total. The van der Waals surface area contributed by atoms with Crippen LogP contribution in [0.25, 0.3) is 0 Å². The summed E-state index contributed by atoms with van der Waals surface area (Å²) < 4.78 is 0. The first kappa shape index (κ1) is 21.5. The van der Waals surface area contributed by atoms with Gasteiger partial charge in [0, 0.05) is 24.3 Å². The number of rotatable bonds is 5. The number of hydrogen-bond acceptors (Lipinski definition) is 3. The summed E-state index contributed by atoms with van der Waals surface area (Å²) >= 11 is 0. The lowest BCUT2D eigenvalue weighted by Gasteiger charge is -2.30. The summed E-state index contributed by atoms with van der Waals surface area (Å²) in [6.07, 6.45) is 3.60. The van der Waals surface area contributed by atoms with Crippen LogP contribution in [0.1, 0.15) is 56.8 Å². The largest absolute Gasteiger partial charge is 0.339 e. The minimum Gasteiger partial charge on any atom is -0.339 e. The first-order valence-corrected chi connectivity index (χ1v) is 8.83. The average Bonchev–Trinajstić information content (AvgIpc) is 2.55. The van der Waals surface area contributed by atoms with Gasteiger partial charge in [0.1, 0.15) is 0 Å². The van der Waals surface area contributed by atoms with E-state index in [9.17, 15) is 9.59 Å². The molecule has 1 heterocycles. The van der Waals surface area contributed by atoms with Crippen LogP contribution in [0, 0.1) is 5.92 Å². The number of nitrogens with two attached hydrogens (primary N) is 1. The second-order valence-electron chi connectivity index (χ2n) is 7.17. The molecule has 1 unspecified atom stereocenters. The zero-order valence-electron chi connectivity index (χ0n) is 15.4. The average molecular weight is 368 g/mol.